The Morgan fingerprint density at radius 3 is 0.882 bits per heavy atom. The van der Waals surface area contributed by atoms with E-state index in [1.807, 2.05) is 6.08 Å². The van der Waals surface area contributed by atoms with E-state index in [0.29, 0.717) is 6.42 Å². The minimum Gasteiger partial charge on any atom is -0.394 e. The standard InChI is InChI=1S/C64H123NO3/c1-3-5-7-9-11-13-15-17-19-21-23-25-27-29-30-31-32-33-34-36-38-40-42-44-46-48-50-52-54-56-58-60-64(68)65-62(61-66)63(67)59-57-55-53-51-49-47-45-43-41-39-37-35-28-26-24-22-20-18-16-14-12-10-8-6-4-2/h15,17,21,23,57,59,62-63,66-67H,3-14,16,18-20,22,24-56,58,60-61H2,1-2H3,(H,65,68)/b17-15-,23-21-,59-57+. The van der Waals surface area contributed by atoms with Gasteiger partial charge in [0.25, 0.3) is 0 Å². The fraction of sp³-hybridized carbons (Fsp3) is 0.891. The molecule has 1 amide bonds. The molecule has 0 spiro atoms. The van der Waals surface area contributed by atoms with Gasteiger partial charge in [-0.25, -0.2) is 0 Å². The number of aliphatic hydroxyl groups is 2. The highest BCUT2D eigenvalue weighted by Crippen LogP contribution is 2.18. The number of rotatable bonds is 58. The van der Waals surface area contributed by atoms with Gasteiger partial charge in [0.15, 0.2) is 0 Å². The molecule has 402 valence electrons. The largest absolute Gasteiger partial charge is 0.394 e. The molecule has 0 aromatic rings. The minimum atomic E-state index is -0.839. The number of nitrogens with one attached hydrogen (secondary N) is 1. The van der Waals surface area contributed by atoms with Crippen molar-refractivity contribution in [2.24, 2.45) is 0 Å². The van der Waals surface area contributed by atoms with Crippen LogP contribution in [0, 0.1) is 0 Å². The van der Waals surface area contributed by atoms with Crippen molar-refractivity contribution in [1.82, 2.24) is 5.32 Å². The maximum absolute atomic E-state index is 12.5. The number of allylic oxidation sites excluding steroid dienone is 5. The van der Waals surface area contributed by atoms with Crippen LogP contribution in [0.2, 0.25) is 0 Å². The zero-order valence-corrected chi connectivity index (χ0v) is 46.4. The molecule has 4 heteroatoms. The van der Waals surface area contributed by atoms with Crippen LogP contribution < -0.4 is 5.32 Å². The SMILES string of the molecule is CCCCCCC/C=C\C/C=C\CCCCCCCCCCCCCCCCCCCCCC(=O)NC(CO)C(O)/C=C/CCCCCCCCCCCCCCCCCCCCCCCCC. The number of carbonyl (C=O) groups excluding carboxylic acids is 1. The lowest BCUT2D eigenvalue weighted by molar-refractivity contribution is -0.123. The number of unbranched alkanes of at least 4 members (excludes halogenated alkanes) is 47. The van der Waals surface area contributed by atoms with Crippen LogP contribution >= 0.6 is 0 Å². The van der Waals surface area contributed by atoms with E-state index >= 15 is 0 Å². The first-order chi connectivity index (χ1) is 33.7. The van der Waals surface area contributed by atoms with Gasteiger partial charge < -0.3 is 15.5 Å². The van der Waals surface area contributed by atoms with Crippen molar-refractivity contribution in [2.45, 2.75) is 360 Å². The van der Waals surface area contributed by atoms with Gasteiger partial charge in [-0.2, -0.15) is 0 Å². The minimum absolute atomic E-state index is 0.0572. The molecule has 0 aromatic heterocycles. The summed E-state index contributed by atoms with van der Waals surface area (Å²) in [5, 5.41) is 23.2. The first-order valence-corrected chi connectivity index (χ1v) is 31.2. The quantitative estimate of drug-likeness (QED) is 0.0420. The highest BCUT2D eigenvalue weighted by molar-refractivity contribution is 5.76. The number of carbonyl (C=O) groups is 1. The van der Waals surface area contributed by atoms with E-state index in [2.05, 4.69) is 43.5 Å². The Balaban J connectivity index is 3.44. The van der Waals surface area contributed by atoms with E-state index in [-0.39, 0.29) is 12.5 Å². The Kier molecular flexibility index (Phi) is 58.7. The number of hydrogen-bond donors (Lipinski definition) is 3. The monoisotopic (exact) mass is 954 g/mol. The van der Waals surface area contributed by atoms with Crippen LogP contribution in [-0.2, 0) is 4.79 Å². The van der Waals surface area contributed by atoms with Gasteiger partial charge in [-0.05, 0) is 51.4 Å². The van der Waals surface area contributed by atoms with Crippen LogP contribution in [0.15, 0.2) is 36.5 Å². The third kappa shape index (κ3) is 55.5. The molecule has 0 rings (SSSR count). The van der Waals surface area contributed by atoms with Crippen molar-refractivity contribution in [2.75, 3.05) is 6.61 Å². The second kappa shape index (κ2) is 59.9. The predicted octanol–water partition coefficient (Wildman–Crippen LogP) is 20.8. The first kappa shape index (κ1) is 66.6. The van der Waals surface area contributed by atoms with Crippen LogP contribution in [0.25, 0.3) is 0 Å². The maximum Gasteiger partial charge on any atom is 0.220 e. The number of hydrogen-bond acceptors (Lipinski definition) is 3. The van der Waals surface area contributed by atoms with E-state index in [9.17, 15) is 15.0 Å². The molecule has 0 fully saturated rings. The topological polar surface area (TPSA) is 69.6 Å². The van der Waals surface area contributed by atoms with Crippen LogP contribution in [0.5, 0.6) is 0 Å². The van der Waals surface area contributed by atoms with E-state index in [0.717, 1.165) is 32.1 Å². The maximum atomic E-state index is 12.5. The Morgan fingerprint density at radius 1 is 0.353 bits per heavy atom. The number of amides is 1. The van der Waals surface area contributed by atoms with Crippen LogP contribution in [0.3, 0.4) is 0 Å². The average molecular weight is 955 g/mol. The third-order valence-electron chi connectivity index (χ3n) is 14.6. The molecule has 2 unspecified atom stereocenters. The van der Waals surface area contributed by atoms with E-state index < -0.39 is 12.1 Å². The predicted molar refractivity (Wildman–Crippen MR) is 304 cm³/mol. The van der Waals surface area contributed by atoms with Gasteiger partial charge in [0.2, 0.25) is 5.91 Å². The fourth-order valence-electron chi connectivity index (χ4n) is 9.86. The van der Waals surface area contributed by atoms with Crippen molar-refractivity contribution in [3.63, 3.8) is 0 Å². The summed E-state index contributed by atoms with van der Waals surface area (Å²) in [4.78, 5) is 12.5. The Hall–Kier alpha value is -1.39. The first-order valence-electron chi connectivity index (χ1n) is 31.2. The average Bonchev–Trinajstić information content (AvgIpc) is 3.34. The molecule has 0 aliphatic rings. The van der Waals surface area contributed by atoms with Crippen molar-refractivity contribution >= 4 is 5.91 Å². The molecule has 0 saturated carbocycles. The zero-order valence-electron chi connectivity index (χ0n) is 46.4. The lowest BCUT2D eigenvalue weighted by Gasteiger charge is -2.20. The Morgan fingerprint density at radius 2 is 0.603 bits per heavy atom. The molecule has 0 aliphatic heterocycles. The smallest absolute Gasteiger partial charge is 0.220 e. The fourth-order valence-corrected chi connectivity index (χ4v) is 9.86. The molecule has 0 aliphatic carbocycles. The van der Waals surface area contributed by atoms with E-state index in [1.165, 1.54) is 295 Å². The summed E-state index contributed by atoms with van der Waals surface area (Å²) in [6, 6.07) is -0.622. The molecule has 2 atom stereocenters. The molecule has 3 N–H and O–H groups in total. The summed E-state index contributed by atoms with van der Waals surface area (Å²) < 4.78 is 0. The summed E-state index contributed by atoms with van der Waals surface area (Å²) in [7, 11) is 0. The molecule has 0 aromatic carbocycles. The summed E-state index contributed by atoms with van der Waals surface area (Å²) in [5.74, 6) is -0.0572. The van der Waals surface area contributed by atoms with Crippen molar-refractivity contribution in [1.29, 1.82) is 0 Å². The molecular formula is C64H123NO3. The van der Waals surface area contributed by atoms with Crippen LogP contribution in [-0.4, -0.2) is 34.9 Å². The van der Waals surface area contributed by atoms with E-state index in [1.54, 1.807) is 6.08 Å². The van der Waals surface area contributed by atoms with Gasteiger partial charge >= 0.3 is 0 Å². The van der Waals surface area contributed by atoms with Crippen molar-refractivity contribution < 1.29 is 15.0 Å². The summed E-state index contributed by atoms with van der Waals surface area (Å²) >= 11 is 0. The summed E-state index contributed by atoms with van der Waals surface area (Å²) in [6.07, 6.45) is 81.9. The summed E-state index contributed by atoms with van der Waals surface area (Å²) in [5.41, 5.74) is 0. The van der Waals surface area contributed by atoms with Gasteiger partial charge in [0.1, 0.15) is 0 Å². The van der Waals surface area contributed by atoms with Gasteiger partial charge in [-0.1, -0.05) is 326 Å². The molecule has 4 nitrogen and oxygen atoms in total. The van der Waals surface area contributed by atoms with Gasteiger partial charge in [0.05, 0.1) is 18.8 Å². The zero-order chi connectivity index (χ0) is 49.2. The van der Waals surface area contributed by atoms with Crippen molar-refractivity contribution in [3.8, 4) is 0 Å². The normalized spacial score (nSPS) is 12.9. The highest BCUT2D eigenvalue weighted by Gasteiger charge is 2.18. The molecular weight excluding hydrogens is 831 g/mol. The van der Waals surface area contributed by atoms with Gasteiger partial charge in [-0.3, -0.25) is 4.79 Å². The van der Waals surface area contributed by atoms with Crippen molar-refractivity contribution in [3.05, 3.63) is 36.5 Å². The number of aliphatic hydroxyl groups excluding tert-OH is 2. The Bertz CT molecular complexity index is 1040. The second-order valence-electron chi connectivity index (χ2n) is 21.5. The third-order valence-corrected chi connectivity index (χ3v) is 14.6. The lowest BCUT2D eigenvalue weighted by atomic mass is 10.0. The van der Waals surface area contributed by atoms with Crippen LogP contribution in [0.1, 0.15) is 348 Å². The highest BCUT2D eigenvalue weighted by atomic mass is 16.3. The molecule has 0 heterocycles. The lowest BCUT2D eigenvalue weighted by Crippen LogP contribution is -2.45. The second-order valence-corrected chi connectivity index (χ2v) is 21.5. The Labute approximate surface area is 427 Å². The molecule has 0 saturated heterocycles. The molecule has 0 bridgehead atoms. The summed E-state index contributed by atoms with van der Waals surface area (Å²) in [6.45, 7) is 4.34. The molecule has 68 heavy (non-hydrogen) atoms. The van der Waals surface area contributed by atoms with Gasteiger partial charge in [0, 0.05) is 6.42 Å². The van der Waals surface area contributed by atoms with E-state index in [4.69, 9.17) is 0 Å². The molecule has 0 radical (unpaired) electrons. The van der Waals surface area contributed by atoms with Crippen LogP contribution in [0.4, 0.5) is 0 Å². The van der Waals surface area contributed by atoms with Gasteiger partial charge in [-0.15, -0.1) is 0 Å².